The Balaban J connectivity index is 2.12. The van der Waals surface area contributed by atoms with Crippen LogP contribution in [0, 0.1) is 0 Å². The molecule has 2 rings (SSSR count). The van der Waals surface area contributed by atoms with Crippen molar-refractivity contribution in [3.8, 4) is 11.4 Å². The molecule has 0 radical (unpaired) electrons. The first-order valence-electron chi connectivity index (χ1n) is 6.17. The molecule has 2 aromatic rings. The molecule has 0 unspecified atom stereocenters. The van der Waals surface area contributed by atoms with Crippen LogP contribution < -0.4 is 5.32 Å². The Labute approximate surface area is 128 Å². The molecule has 1 aromatic carbocycles. The minimum absolute atomic E-state index is 0.569. The maximum Gasteiger partial charge on any atom is 0.159 e. The van der Waals surface area contributed by atoms with E-state index < -0.39 is 0 Å². The standard InChI is InChI=1S/C14H15Cl2N3O/c1-20-5-4-17-9-13-2-3-18-14(19-13)10-6-11(15)8-12(16)7-10/h2-3,6-8,17H,4-5,9H2,1H3. The summed E-state index contributed by atoms with van der Waals surface area (Å²) in [6, 6.07) is 7.15. The second kappa shape index (κ2) is 7.55. The molecule has 0 saturated carbocycles. The fraction of sp³-hybridized carbons (Fsp3) is 0.286. The quantitative estimate of drug-likeness (QED) is 0.832. The average molecular weight is 312 g/mol. The number of nitrogens with one attached hydrogen (secondary N) is 1. The zero-order valence-electron chi connectivity index (χ0n) is 11.1. The SMILES string of the molecule is COCCNCc1ccnc(-c2cc(Cl)cc(Cl)c2)n1. The Morgan fingerprint density at radius 1 is 1.20 bits per heavy atom. The summed E-state index contributed by atoms with van der Waals surface area (Å²) in [5, 5.41) is 4.38. The number of aromatic nitrogens is 2. The topological polar surface area (TPSA) is 47.0 Å². The zero-order chi connectivity index (χ0) is 14.4. The van der Waals surface area contributed by atoms with E-state index in [2.05, 4.69) is 15.3 Å². The van der Waals surface area contributed by atoms with Gasteiger partial charge in [-0.25, -0.2) is 9.97 Å². The van der Waals surface area contributed by atoms with E-state index in [1.165, 1.54) is 0 Å². The van der Waals surface area contributed by atoms with E-state index in [1.807, 2.05) is 6.07 Å². The molecule has 4 nitrogen and oxygen atoms in total. The van der Waals surface area contributed by atoms with Gasteiger partial charge in [0.15, 0.2) is 5.82 Å². The third-order valence-corrected chi connectivity index (χ3v) is 3.06. The summed E-state index contributed by atoms with van der Waals surface area (Å²) in [5.41, 5.74) is 1.71. The van der Waals surface area contributed by atoms with Crippen LogP contribution in [-0.2, 0) is 11.3 Å². The van der Waals surface area contributed by atoms with Gasteiger partial charge >= 0.3 is 0 Å². The van der Waals surface area contributed by atoms with E-state index in [-0.39, 0.29) is 0 Å². The molecule has 106 valence electrons. The van der Waals surface area contributed by atoms with Crippen LogP contribution in [0.3, 0.4) is 0 Å². The number of hydrogen-bond donors (Lipinski definition) is 1. The van der Waals surface area contributed by atoms with Gasteiger partial charge in [-0.05, 0) is 24.3 Å². The van der Waals surface area contributed by atoms with E-state index in [0.717, 1.165) is 17.8 Å². The van der Waals surface area contributed by atoms with Crippen LogP contribution in [0.15, 0.2) is 30.5 Å². The van der Waals surface area contributed by atoms with Crippen LogP contribution in [0.25, 0.3) is 11.4 Å². The fourth-order valence-electron chi connectivity index (χ4n) is 1.71. The number of rotatable bonds is 6. The van der Waals surface area contributed by atoms with Crippen molar-refractivity contribution in [1.29, 1.82) is 0 Å². The Morgan fingerprint density at radius 2 is 1.95 bits per heavy atom. The molecule has 1 aromatic heterocycles. The summed E-state index contributed by atoms with van der Waals surface area (Å²) in [4.78, 5) is 8.75. The van der Waals surface area contributed by atoms with Crippen molar-refractivity contribution in [3.05, 3.63) is 46.2 Å². The van der Waals surface area contributed by atoms with Crippen LogP contribution in [0.4, 0.5) is 0 Å². The molecular weight excluding hydrogens is 297 g/mol. The van der Waals surface area contributed by atoms with Gasteiger partial charge in [-0.15, -0.1) is 0 Å². The highest BCUT2D eigenvalue weighted by atomic mass is 35.5. The first-order chi connectivity index (χ1) is 9.69. The van der Waals surface area contributed by atoms with Gasteiger partial charge in [-0.2, -0.15) is 0 Å². The third-order valence-electron chi connectivity index (χ3n) is 2.62. The van der Waals surface area contributed by atoms with E-state index in [1.54, 1.807) is 31.5 Å². The van der Waals surface area contributed by atoms with Crippen LogP contribution in [0.5, 0.6) is 0 Å². The molecule has 0 aliphatic heterocycles. The zero-order valence-corrected chi connectivity index (χ0v) is 12.6. The minimum atomic E-state index is 0.569. The largest absolute Gasteiger partial charge is 0.383 e. The fourth-order valence-corrected chi connectivity index (χ4v) is 2.23. The summed E-state index contributed by atoms with van der Waals surface area (Å²) < 4.78 is 4.97. The van der Waals surface area contributed by atoms with Gasteiger partial charge in [0.2, 0.25) is 0 Å². The molecule has 0 saturated heterocycles. The van der Waals surface area contributed by atoms with Crippen molar-refractivity contribution in [3.63, 3.8) is 0 Å². The van der Waals surface area contributed by atoms with Gasteiger partial charge in [0.25, 0.3) is 0 Å². The molecule has 1 heterocycles. The number of hydrogen-bond acceptors (Lipinski definition) is 4. The Morgan fingerprint density at radius 3 is 2.65 bits per heavy atom. The Bertz CT molecular complexity index is 558. The van der Waals surface area contributed by atoms with E-state index in [9.17, 15) is 0 Å². The van der Waals surface area contributed by atoms with Crippen molar-refractivity contribution in [2.45, 2.75) is 6.54 Å². The Hall–Kier alpha value is -1.20. The van der Waals surface area contributed by atoms with Crippen LogP contribution >= 0.6 is 23.2 Å². The monoisotopic (exact) mass is 311 g/mol. The molecule has 0 aliphatic rings. The minimum Gasteiger partial charge on any atom is -0.383 e. The van der Waals surface area contributed by atoms with E-state index >= 15 is 0 Å². The molecular formula is C14H15Cl2N3O. The molecule has 0 bridgehead atoms. The lowest BCUT2D eigenvalue weighted by molar-refractivity contribution is 0.199. The van der Waals surface area contributed by atoms with Crippen molar-refractivity contribution < 1.29 is 4.74 Å². The number of halogens is 2. The maximum absolute atomic E-state index is 5.99. The molecule has 0 amide bonds. The van der Waals surface area contributed by atoms with Crippen molar-refractivity contribution in [1.82, 2.24) is 15.3 Å². The highest BCUT2D eigenvalue weighted by Crippen LogP contribution is 2.24. The molecule has 0 atom stereocenters. The normalized spacial score (nSPS) is 10.8. The molecule has 20 heavy (non-hydrogen) atoms. The van der Waals surface area contributed by atoms with Gasteiger partial charge in [-0.3, -0.25) is 0 Å². The van der Waals surface area contributed by atoms with Gasteiger partial charge in [0.05, 0.1) is 12.3 Å². The molecule has 1 N–H and O–H groups in total. The smallest absolute Gasteiger partial charge is 0.159 e. The third kappa shape index (κ3) is 4.42. The lowest BCUT2D eigenvalue weighted by atomic mass is 10.2. The van der Waals surface area contributed by atoms with E-state index in [0.29, 0.717) is 29.0 Å². The second-order valence-electron chi connectivity index (χ2n) is 4.20. The first kappa shape index (κ1) is 15.2. The summed E-state index contributed by atoms with van der Waals surface area (Å²) in [6.45, 7) is 2.11. The van der Waals surface area contributed by atoms with Crippen molar-refractivity contribution in [2.75, 3.05) is 20.3 Å². The number of benzene rings is 1. The van der Waals surface area contributed by atoms with Crippen LogP contribution in [0.1, 0.15) is 5.69 Å². The van der Waals surface area contributed by atoms with Crippen molar-refractivity contribution >= 4 is 23.2 Å². The lowest BCUT2D eigenvalue weighted by Gasteiger charge is -2.06. The average Bonchev–Trinajstić information content (AvgIpc) is 2.43. The molecule has 6 heteroatoms. The highest BCUT2D eigenvalue weighted by molar-refractivity contribution is 6.35. The Kier molecular flexibility index (Phi) is 5.73. The van der Waals surface area contributed by atoms with Crippen LogP contribution in [0.2, 0.25) is 10.0 Å². The highest BCUT2D eigenvalue weighted by Gasteiger charge is 2.05. The predicted octanol–water partition coefficient (Wildman–Crippen LogP) is 3.19. The summed E-state index contributed by atoms with van der Waals surface area (Å²) >= 11 is 12.0. The molecule has 0 spiro atoms. The summed E-state index contributed by atoms with van der Waals surface area (Å²) in [7, 11) is 1.67. The number of ether oxygens (including phenoxy) is 1. The molecule has 0 aliphatic carbocycles. The summed E-state index contributed by atoms with van der Waals surface area (Å²) in [6.07, 6.45) is 1.73. The van der Waals surface area contributed by atoms with Gasteiger partial charge in [-0.1, -0.05) is 23.2 Å². The number of nitrogens with zero attached hydrogens (tertiary/aromatic N) is 2. The maximum atomic E-state index is 5.99. The summed E-state index contributed by atoms with van der Waals surface area (Å²) in [5.74, 6) is 0.612. The molecule has 0 fully saturated rings. The lowest BCUT2D eigenvalue weighted by Crippen LogP contribution is -2.19. The predicted molar refractivity (Wildman–Crippen MR) is 81.1 cm³/mol. The van der Waals surface area contributed by atoms with Crippen molar-refractivity contribution in [2.24, 2.45) is 0 Å². The van der Waals surface area contributed by atoms with Gasteiger partial charge in [0.1, 0.15) is 0 Å². The van der Waals surface area contributed by atoms with Gasteiger partial charge in [0, 0.05) is 42.0 Å². The number of methoxy groups -OCH3 is 1. The van der Waals surface area contributed by atoms with E-state index in [4.69, 9.17) is 27.9 Å². The van der Waals surface area contributed by atoms with Gasteiger partial charge < -0.3 is 10.1 Å². The second-order valence-corrected chi connectivity index (χ2v) is 5.07. The first-order valence-corrected chi connectivity index (χ1v) is 6.92. The van der Waals surface area contributed by atoms with Crippen LogP contribution in [-0.4, -0.2) is 30.2 Å².